The fourth-order valence-electron chi connectivity index (χ4n) is 11.3. The molecule has 0 aliphatic heterocycles. The van der Waals surface area contributed by atoms with Crippen LogP contribution in [0, 0.1) is 0 Å². The molecule has 0 fully saturated rings. The summed E-state index contributed by atoms with van der Waals surface area (Å²) in [5.41, 5.74) is 12.2. The Balaban J connectivity index is 0.000000124. The van der Waals surface area contributed by atoms with Crippen molar-refractivity contribution in [3.63, 3.8) is 0 Å². The van der Waals surface area contributed by atoms with Crippen LogP contribution in [-0.4, -0.2) is 103 Å². The van der Waals surface area contributed by atoms with E-state index in [4.69, 9.17) is 29.9 Å². The lowest BCUT2D eigenvalue weighted by Crippen LogP contribution is -2.26. The van der Waals surface area contributed by atoms with Gasteiger partial charge in [0.25, 0.3) is 0 Å². The predicted molar refractivity (Wildman–Crippen MR) is 314 cm³/mol. The lowest BCUT2D eigenvalue weighted by Gasteiger charge is -2.09. The van der Waals surface area contributed by atoms with Crippen LogP contribution in [0.5, 0.6) is 0 Å². The highest BCUT2D eigenvalue weighted by atomic mass is 16.1. The summed E-state index contributed by atoms with van der Waals surface area (Å²) >= 11 is 0. The zero-order valence-corrected chi connectivity index (χ0v) is 42.2. The zero-order chi connectivity index (χ0) is 54.4. The molecule has 0 saturated heterocycles. The van der Waals surface area contributed by atoms with Crippen molar-refractivity contribution in [2.45, 2.75) is 7.43 Å². The fourth-order valence-corrected chi connectivity index (χ4v) is 11.3. The molecule has 22 nitrogen and oxygen atoms in total. The van der Waals surface area contributed by atoms with Gasteiger partial charge in [-0.2, -0.15) is 0 Å². The summed E-state index contributed by atoms with van der Waals surface area (Å²) in [5, 5.41) is 7.86. The molecule has 0 N–H and O–H groups in total. The number of carbonyl (C=O) groups excluding carboxylic acids is 1. The number of para-hydroxylation sites is 4. The van der Waals surface area contributed by atoms with Crippen molar-refractivity contribution < 1.29 is 6.22 Å². The molecule has 0 aliphatic rings. The zero-order valence-electron chi connectivity index (χ0n) is 42.2. The molecular formula is C61H38N20O2. The molecule has 22 heteroatoms. The van der Waals surface area contributed by atoms with E-state index in [1.54, 1.807) is 95.6 Å². The second-order valence-electron chi connectivity index (χ2n) is 18.7. The van der Waals surface area contributed by atoms with E-state index in [2.05, 4.69) is 95.0 Å². The third-order valence-corrected chi connectivity index (χ3v) is 14.5. The Morgan fingerprint density at radius 1 is 0.313 bits per heavy atom. The molecule has 14 aromatic heterocycles. The van der Waals surface area contributed by atoms with Crippen LogP contribution in [0.3, 0.4) is 0 Å². The van der Waals surface area contributed by atoms with Crippen LogP contribution >= 0.6 is 0 Å². The average molecular weight is 1080 g/mol. The van der Waals surface area contributed by atoms with Crippen molar-refractivity contribution in [1.82, 2.24) is 97.3 Å². The van der Waals surface area contributed by atoms with Crippen molar-refractivity contribution in [2.24, 2.45) is 0 Å². The van der Waals surface area contributed by atoms with E-state index in [0.717, 1.165) is 87.2 Å². The minimum absolute atomic E-state index is 0. The molecule has 18 aromatic rings. The van der Waals surface area contributed by atoms with Crippen LogP contribution in [0.1, 0.15) is 36.4 Å². The monoisotopic (exact) mass is 1080 g/mol. The second-order valence-corrected chi connectivity index (χ2v) is 18.7. The molecule has 0 unspecified atom stereocenters. The average Bonchev–Trinajstić information content (AvgIpc) is 2.05. The highest BCUT2D eigenvalue weighted by Gasteiger charge is 2.26. The molecule has 83 heavy (non-hydrogen) atoms. The minimum Gasteiger partial charge on any atom is -0.285 e. The van der Waals surface area contributed by atoms with Gasteiger partial charge in [0, 0.05) is 144 Å². The standard InChI is InChI=1S/C30H16N10.C21H10N6O.C9H6N4O.CH4.H2/c1-3-17-18-4-2-6-20-25-29(38-14-12-36-25)40(27(18)20)30(39-26(17)19(5-1)24-28(39)37-13-11-35-24)23(21-15-31-7-9-33-21)22-16-32-8-10-34-22;28-21-26-17-11(3-1-5-13(17)15-19(26)24-9-7-22-15)12-4-2-6-14-16-20(25-10-8-23-16)27(21)18(12)14;14-9(7-5-10-1-3-12-7)8-6-11-2-4-13-8;;/h1-16H;1-10H;1-6H;1H4;1H. The van der Waals surface area contributed by atoms with Crippen molar-refractivity contribution in [3.05, 3.63) is 235 Å². The molecule has 14 heterocycles. The summed E-state index contributed by atoms with van der Waals surface area (Å²) in [5.74, 6) is -0.272. The van der Waals surface area contributed by atoms with E-state index in [1.165, 1.54) is 37.2 Å². The van der Waals surface area contributed by atoms with Gasteiger partial charge >= 0.3 is 5.69 Å². The summed E-state index contributed by atoms with van der Waals surface area (Å²) in [6, 6.07) is 24.6. The molecule has 0 radical (unpaired) electrons. The minimum atomic E-state index is -0.272. The smallest absolute Gasteiger partial charge is 0.285 e. The molecule has 0 bridgehead atoms. The number of hydrogen-bond acceptors (Lipinski definition) is 18. The number of benzene rings is 4. The first-order valence-electron chi connectivity index (χ1n) is 25.5. The van der Waals surface area contributed by atoms with Gasteiger partial charge in [0.15, 0.2) is 22.6 Å². The van der Waals surface area contributed by atoms with E-state index in [9.17, 15) is 9.59 Å². The van der Waals surface area contributed by atoms with Crippen LogP contribution in [0.15, 0.2) is 202 Å². The summed E-state index contributed by atoms with van der Waals surface area (Å²) in [4.78, 5) is 96.4. The maximum atomic E-state index is 13.8. The van der Waals surface area contributed by atoms with Crippen LogP contribution in [0.4, 0.5) is 0 Å². The summed E-state index contributed by atoms with van der Waals surface area (Å²) < 4.78 is 7.61. The molecule has 0 amide bonds. The molecule has 394 valence electrons. The number of hydrogen-bond donors (Lipinski definition) is 0. The van der Waals surface area contributed by atoms with Crippen molar-refractivity contribution in [1.29, 1.82) is 0 Å². The Morgan fingerprint density at radius 2 is 0.578 bits per heavy atom. The highest BCUT2D eigenvalue weighted by molar-refractivity contribution is 6.24. The van der Waals surface area contributed by atoms with Crippen LogP contribution in [-0.2, 0) is 0 Å². The number of rotatable bonds is 4. The molecule has 4 aromatic carbocycles. The Kier molecular flexibility index (Phi) is 11.0. The van der Waals surface area contributed by atoms with Gasteiger partial charge in [-0.1, -0.05) is 80.2 Å². The first-order valence-corrected chi connectivity index (χ1v) is 25.5. The van der Waals surface area contributed by atoms with Gasteiger partial charge in [-0.05, 0) is 0 Å². The SMILES string of the molecule is C.O=C(c1cnccn1)c1cnccn1.O=c1n2c3nccnc3c3cccc(c4cccc5c6nccnc6n1c45)c32.[HH].c1cc2c3cccc4c5nccnc5n(c(=C(c5cnccn5)c5cnccn5)n5c6nccnc6c(c1)c25)c34. The number of aromatic nitrogens is 20. The van der Waals surface area contributed by atoms with Gasteiger partial charge in [0.1, 0.15) is 38.9 Å². The fraction of sp³-hybridized carbons (Fsp3) is 0.0164. The van der Waals surface area contributed by atoms with Crippen molar-refractivity contribution in [2.75, 3.05) is 0 Å². The van der Waals surface area contributed by atoms with E-state index >= 15 is 0 Å². The first-order chi connectivity index (χ1) is 40.6. The third kappa shape index (κ3) is 7.15. The van der Waals surface area contributed by atoms with E-state index < -0.39 is 0 Å². The molecule has 0 spiro atoms. The van der Waals surface area contributed by atoms with Crippen LogP contribution < -0.4 is 11.2 Å². The van der Waals surface area contributed by atoms with Gasteiger partial charge in [-0.15, -0.1) is 0 Å². The number of ketones is 1. The first kappa shape index (κ1) is 48.0. The topological polar surface area (TPSA) is 258 Å². The van der Waals surface area contributed by atoms with Gasteiger partial charge in [-0.3, -0.25) is 63.4 Å². The summed E-state index contributed by atoms with van der Waals surface area (Å²) in [6.07, 6.45) is 32.3. The number of fused-ring (bicyclic) bond motifs is 14. The highest BCUT2D eigenvalue weighted by Crippen LogP contribution is 2.38. The molecule has 0 atom stereocenters. The molecule has 18 rings (SSSR count). The number of nitrogens with zero attached hydrogens (tertiary/aromatic N) is 20. The lowest BCUT2D eigenvalue weighted by molar-refractivity contribution is 0.102. The van der Waals surface area contributed by atoms with E-state index in [0.29, 0.717) is 45.0 Å². The quantitative estimate of drug-likeness (QED) is 0.150. The Morgan fingerprint density at radius 3 is 0.892 bits per heavy atom. The number of carbonyl (C=O) groups is 1. The van der Waals surface area contributed by atoms with Gasteiger partial charge in [-0.25, -0.2) is 43.5 Å². The normalized spacial score (nSPS) is 11.6. The lowest BCUT2D eigenvalue weighted by atomic mass is 10.1. The Labute approximate surface area is 465 Å². The van der Waals surface area contributed by atoms with Crippen molar-refractivity contribution >= 4 is 121 Å². The predicted octanol–water partition coefficient (Wildman–Crippen LogP) is 8.49. The summed E-state index contributed by atoms with van der Waals surface area (Å²) in [6.45, 7) is 0. The van der Waals surface area contributed by atoms with Crippen molar-refractivity contribution in [3.8, 4) is 0 Å². The Bertz CT molecular complexity index is 5370. The largest absolute Gasteiger partial charge is 0.340 e. The van der Waals surface area contributed by atoms with Crippen LogP contribution in [0.25, 0.3) is 115 Å². The molecule has 0 aliphatic carbocycles. The summed E-state index contributed by atoms with van der Waals surface area (Å²) in [7, 11) is 0. The van der Waals surface area contributed by atoms with E-state index in [1.807, 2.05) is 36.4 Å². The molecule has 0 saturated carbocycles. The van der Waals surface area contributed by atoms with E-state index in [-0.39, 0.29) is 31.7 Å². The van der Waals surface area contributed by atoms with Crippen LogP contribution in [0.2, 0.25) is 0 Å². The second kappa shape index (κ2) is 19.0. The maximum absolute atomic E-state index is 13.8. The van der Waals surface area contributed by atoms with Gasteiger partial charge in [0.2, 0.25) is 5.78 Å². The third-order valence-electron chi connectivity index (χ3n) is 14.5. The van der Waals surface area contributed by atoms with Gasteiger partial charge < -0.3 is 0 Å². The molecular weight excluding hydrogens is 1040 g/mol. The maximum Gasteiger partial charge on any atom is 0.340 e. The van der Waals surface area contributed by atoms with Gasteiger partial charge in [0.05, 0.1) is 63.8 Å². The Hall–Kier alpha value is -12.2.